The second kappa shape index (κ2) is 8.17. The minimum atomic E-state index is -0.438. The number of carbonyl (C=O) groups is 2. The fourth-order valence-electron chi connectivity index (χ4n) is 3.31. The Kier molecular flexibility index (Phi) is 5.28. The predicted molar refractivity (Wildman–Crippen MR) is 103 cm³/mol. The van der Waals surface area contributed by atoms with Gasteiger partial charge in [0.05, 0.1) is 5.92 Å². The van der Waals surface area contributed by atoms with E-state index in [1.807, 2.05) is 4.57 Å². The van der Waals surface area contributed by atoms with E-state index in [0.29, 0.717) is 30.4 Å². The van der Waals surface area contributed by atoms with Crippen molar-refractivity contribution >= 4 is 17.5 Å². The zero-order valence-electron chi connectivity index (χ0n) is 15.5. The fourth-order valence-corrected chi connectivity index (χ4v) is 3.31. The van der Waals surface area contributed by atoms with E-state index in [-0.39, 0.29) is 30.6 Å². The molecule has 8 nitrogen and oxygen atoms in total. The molecule has 0 aliphatic carbocycles. The summed E-state index contributed by atoms with van der Waals surface area (Å²) in [7, 11) is 0. The van der Waals surface area contributed by atoms with Crippen LogP contribution in [-0.4, -0.2) is 44.4 Å². The zero-order valence-corrected chi connectivity index (χ0v) is 15.5. The minimum Gasteiger partial charge on any atom is -0.354 e. The molecule has 3 aromatic rings. The molecule has 1 aromatic carbocycles. The lowest BCUT2D eigenvalue weighted by Crippen LogP contribution is -2.34. The molecule has 0 saturated carbocycles. The predicted octanol–water partition coefficient (Wildman–Crippen LogP) is 1.65. The van der Waals surface area contributed by atoms with Gasteiger partial charge in [-0.1, -0.05) is 0 Å². The Morgan fingerprint density at radius 1 is 1.14 bits per heavy atom. The number of hydrogen-bond donors (Lipinski definition) is 1. The monoisotopic (exact) mass is 394 g/mol. The van der Waals surface area contributed by atoms with Gasteiger partial charge in [0, 0.05) is 56.5 Å². The molecule has 29 heavy (non-hydrogen) atoms. The average Bonchev–Trinajstić information content (AvgIpc) is 3.36. The largest absolute Gasteiger partial charge is 0.354 e. The summed E-state index contributed by atoms with van der Waals surface area (Å²) in [6, 6.07) is 7.42. The first kappa shape index (κ1) is 18.7. The van der Waals surface area contributed by atoms with E-state index in [9.17, 15) is 14.0 Å². The van der Waals surface area contributed by atoms with Gasteiger partial charge in [-0.2, -0.15) is 0 Å². The van der Waals surface area contributed by atoms with Crippen molar-refractivity contribution in [3.05, 3.63) is 60.9 Å². The Morgan fingerprint density at radius 3 is 2.66 bits per heavy atom. The number of rotatable bonds is 6. The van der Waals surface area contributed by atoms with Crippen LogP contribution in [0.1, 0.15) is 6.42 Å². The third kappa shape index (κ3) is 4.13. The first-order valence-electron chi connectivity index (χ1n) is 9.24. The smallest absolute Gasteiger partial charge is 0.227 e. The highest BCUT2D eigenvalue weighted by Crippen LogP contribution is 2.25. The SMILES string of the molecule is O=C(NCCn1ccnc1-c1ncccn1)[C@@H]1CC(=O)N(c2ccc(F)cc2)C1. The summed E-state index contributed by atoms with van der Waals surface area (Å²) in [6.45, 7) is 1.17. The number of aromatic nitrogens is 4. The van der Waals surface area contributed by atoms with Gasteiger partial charge in [0.25, 0.3) is 0 Å². The first-order valence-corrected chi connectivity index (χ1v) is 9.24. The molecule has 0 spiro atoms. The van der Waals surface area contributed by atoms with Gasteiger partial charge in [-0.25, -0.2) is 19.3 Å². The van der Waals surface area contributed by atoms with Crippen LogP contribution < -0.4 is 10.2 Å². The summed E-state index contributed by atoms with van der Waals surface area (Å²) in [5, 5.41) is 2.88. The van der Waals surface area contributed by atoms with Crippen LogP contribution in [0.5, 0.6) is 0 Å². The highest BCUT2D eigenvalue weighted by Gasteiger charge is 2.34. The van der Waals surface area contributed by atoms with E-state index in [1.165, 1.54) is 17.0 Å². The lowest BCUT2D eigenvalue weighted by atomic mass is 10.1. The number of nitrogens with zero attached hydrogens (tertiary/aromatic N) is 5. The molecule has 1 aliphatic rings. The number of anilines is 1. The standard InChI is InChI=1S/C20H19FN6O2/c21-15-2-4-16(5-3-15)27-13-14(12-17(27)28)20(29)25-9-11-26-10-8-24-19(26)18-22-6-1-7-23-18/h1-8,10,14H,9,11-13H2,(H,25,29)/t14-/m1/s1. The van der Waals surface area contributed by atoms with Gasteiger partial charge >= 0.3 is 0 Å². The molecular weight excluding hydrogens is 375 g/mol. The lowest BCUT2D eigenvalue weighted by molar-refractivity contribution is -0.126. The molecular formula is C20H19FN6O2. The summed E-state index contributed by atoms with van der Waals surface area (Å²) in [5.41, 5.74) is 0.595. The molecule has 1 saturated heterocycles. The molecule has 1 aliphatic heterocycles. The zero-order chi connectivity index (χ0) is 20.2. The van der Waals surface area contributed by atoms with Crippen molar-refractivity contribution in [3.63, 3.8) is 0 Å². The van der Waals surface area contributed by atoms with E-state index < -0.39 is 5.92 Å². The molecule has 1 N–H and O–H groups in total. The van der Waals surface area contributed by atoms with E-state index in [2.05, 4.69) is 20.3 Å². The van der Waals surface area contributed by atoms with Gasteiger partial charge in [0.2, 0.25) is 11.8 Å². The maximum Gasteiger partial charge on any atom is 0.227 e. The van der Waals surface area contributed by atoms with Crippen molar-refractivity contribution in [2.75, 3.05) is 18.0 Å². The Bertz CT molecular complexity index is 1010. The number of carbonyl (C=O) groups excluding carboxylic acids is 2. The summed E-state index contributed by atoms with van der Waals surface area (Å²) in [5.74, 6) is 0.00994. The Balaban J connectivity index is 1.33. The van der Waals surface area contributed by atoms with Gasteiger partial charge in [0.1, 0.15) is 5.82 Å². The normalized spacial score (nSPS) is 16.2. The summed E-state index contributed by atoms with van der Waals surface area (Å²) in [4.78, 5) is 38.9. The van der Waals surface area contributed by atoms with E-state index in [4.69, 9.17) is 0 Å². The highest BCUT2D eigenvalue weighted by atomic mass is 19.1. The Hall–Kier alpha value is -3.62. The van der Waals surface area contributed by atoms with Gasteiger partial charge in [-0.05, 0) is 30.3 Å². The van der Waals surface area contributed by atoms with Crippen LogP contribution in [-0.2, 0) is 16.1 Å². The number of nitrogens with one attached hydrogen (secondary N) is 1. The third-order valence-electron chi connectivity index (χ3n) is 4.77. The van der Waals surface area contributed by atoms with E-state index >= 15 is 0 Å². The second-order valence-electron chi connectivity index (χ2n) is 6.69. The third-order valence-corrected chi connectivity index (χ3v) is 4.77. The maximum absolute atomic E-state index is 13.1. The van der Waals surface area contributed by atoms with Gasteiger partial charge in [0.15, 0.2) is 11.6 Å². The molecule has 4 rings (SSSR count). The van der Waals surface area contributed by atoms with Crippen molar-refractivity contribution in [1.82, 2.24) is 24.8 Å². The van der Waals surface area contributed by atoms with Crippen LogP contribution in [0.4, 0.5) is 10.1 Å². The number of hydrogen-bond acceptors (Lipinski definition) is 5. The molecule has 1 fully saturated rings. The first-order chi connectivity index (χ1) is 14.1. The molecule has 2 amide bonds. The van der Waals surface area contributed by atoms with Crippen molar-refractivity contribution < 1.29 is 14.0 Å². The molecule has 0 unspecified atom stereocenters. The quantitative estimate of drug-likeness (QED) is 0.686. The minimum absolute atomic E-state index is 0.136. The Labute approximate surface area is 166 Å². The van der Waals surface area contributed by atoms with Crippen LogP contribution in [0, 0.1) is 11.7 Å². The van der Waals surface area contributed by atoms with Crippen LogP contribution in [0.3, 0.4) is 0 Å². The topological polar surface area (TPSA) is 93.0 Å². The highest BCUT2D eigenvalue weighted by molar-refractivity contribution is 6.00. The lowest BCUT2D eigenvalue weighted by Gasteiger charge is -2.16. The van der Waals surface area contributed by atoms with Crippen LogP contribution >= 0.6 is 0 Å². The number of imidazole rings is 1. The molecule has 2 aromatic heterocycles. The molecule has 148 valence electrons. The van der Waals surface area contributed by atoms with Crippen LogP contribution in [0.15, 0.2) is 55.1 Å². The second-order valence-corrected chi connectivity index (χ2v) is 6.69. The van der Waals surface area contributed by atoms with Gasteiger partial charge in [-0.15, -0.1) is 0 Å². The molecule has 0 radical (unpaired) electrons. The van der Waals surface area contributed by atoms with Crippen LogP contribution in [0.25, 0.3) is 11.6 Å². The van der Waals surface area contributed by atoms with E-state index in [1.54, 1.807) is 43.0 Å². The molecule has 1 atom stereocenters. The molecule has 3 heterocycles. The van der Waals surface area contributed by atoms with Gasteiger partial charge < -0.3 is 14.8 Å². The van der Waals surface area contributed by atoms with Crippen LogP contribution in [0.2, 0.25) is 0 Å². The number of amides is 2. The summed E-state index contributed by atoms with van der Waals surface area (Å²) >= 11 is 0. The Morgan fingerprint density at radius 2 is 1.90 bits per heavy atom. The van der Waals surface area contributed by atoms with E-state index in [0.717, 1.165) is 0 Å². The molecule has 9 heteroatoms. The van der Waals surface area contributed by atoms with Crippen molar-refractivity contribution in [2.45, 2.75) is 13.0 Å². The number of benzene rings is 1. The van der Waals surface area contributed by atoms with Gasteiger partial charge in [-0.3, -0.25) is 9.59 Å². The van der Waals surface area contributed by atoms with Crippen molar-refractivity contribution in [2.24, 2.45) is 5.92 Å². The maximum atomic E-state index is 13.1. The fraction of sp³-hybridized carbons (Fsp3) is 0.250. The van der Waals surface area contributed by atoms with Crippen molar-refractivity contribution in [1.29, 1.82) is 0 Å². The average molecular weight is 394 g/mol. The summed E-state index contributed by atoms with van der Waals surface area (Å²) in [6.07, 6.45) is 6.88. The van der Waals surface area contributed by atoms with Crippen molar-refractivity contribution in [3.8, 4) is 11.6 Å². The summed E-state index contributed by atoms with van der Waals surface area (Å²) < 4.78 is 14.9. The molecule has 0 bridgehead atoms. The number of halogens is 1.